The summed E-state index contributed by atoms with van der Waals surface area (Å²) in [4.78, 5) is 87.8. The minimum atomic E-state index is -1.46. The van der Waals surface area contributed by atoms with Gasteiger partial charge in [-0.15, -0.1) is 0 Å². The van der Waals surface area contributed by atoms with Gasteiger partial charge in [-0.1, -0.05) is 6.92 Å². The first-order valence-corrected chi connectivity index (χ1v) is 36.6. The number of hydrogen-bond acceptors (Lipinski definition) is 34. The summed E-state index contributed by atoms with van der Waals surface area (Å²) in [5.74, 6) is -3.02. The summed E-state index contributed by atoms with van der Waals surface area (Å²) < 4.78 is 107. The van der Waals surface area contributed by atoms with Gasteiger partial charge < -0.3 is 168 Å². The summed E-state index contributed by atoms with van der Waals surface area (Å²) in [5, 5.41) is 99.2. The van der Waals surface area contributed by atoms with E-state index in [0.717, 1.165) is 6.42 Å². The van der Waals surface area contributed by atoms with Crippen LogP contribution in [0.5, 0.6) is 0 Å². The third-order valence-corrected chi connectivity index (χ3v) is 15.9. The van der Waals surface area contributed by atoms with Crippen LogP contribution in [0.4, 0.5) is 0 Å². The van der Waals surface area contributed by atoms with Gasteiger partial charge in [-0.05, 0) is 6.42 Å². The fraction of sp³-hybridized carbons (Fsp3) is 0.896. The van der Waals surface area contributed by atoms with Crippen LogP contribution in [0.3, 0.4) is 0 Å². The van der Waals surface area contributed by atoms with Gasteiger partial charge >= 0.3 is 0 Å². The first-order chi connectivity index (χ1) is 52.2. The third kappa shape index (κ3) is 43.9. The van der Waals surface area contributed by atoms with Crippen molar-refractivity contribution in [1.29, 1.82) is 0 Å². The van der Waals surface area contributed by atoms with E-state index in [4.69, 9.17) is 90.0 Å². The van der Waals surface area contributed by atoms with E-state index in [1.807, 2.05) is 6.92 Å². The van der Waals surface area contributed by atoms with Gasteiger partial charge in [0.15, 0.2) is 18.9 Å². The molecule has 0 saturated carbocycles. The zero-order chi connectivity index (χ0) is 79.0. The van der Waals surface area contributed by atoms with Crippen LogP contribution >= 0.6 is 0 Å². The Morgan fingerprint density at radius 1 is 0.352 bits per heavy atom. The van der Waals surface area contributed by atoms with Crippen LogP contribution in [-0.2, 0) is 124 Å². The van der Waals surface area contributed by atoms with Crippen molar-refractivity contribution in [2.75, 3.05) is 231 Å². The summed E-state index contributed by atoms with van der Waals surface area (Å²) in [5.41, 5.74) is -1.46. The fourth-order valence-electron chi connectivity index (χ4n) is 10.5. The minimum absolute atomic E-state index is 0.00262. The van der Waals surface area contributed by atoms with Crippen LogP contribution in [0.25, 0.3) is 0 Å². The highest BCUT2D eigenvalue weighted by molar-refractivity contribution is 5.78. The van der Waals surface area contributed by atoms with Gasteiger partial charge in [0, 0.05) is 79.1 Å². The number of carbonyl (C=O) groups excluding carboxylic acids is 7. The molecule has 3 heterocycles. The SMILES string of the molecule is CCCOCCOCCOCCOCCC(=O)NC(COCCC(=O)NCCOCCOCCOC1OC(CO)CC(O)C1NC(C)=O)(COCCC(=O)NCCOCCOCCOC1OC(CO)C(O)C(O)C1NC(C)=O)COCCC(=O)NCCOCCOCCOC1OC(CO)C(O)C(O)C1NC(C)=O. The fourth-order valence-corrected chi connectivity index (χ4v) is 10.5. The first-order valence-electron chi connectivity index (χ1n) is 36.6. The van der Waals surface area contributed by atoms with E-state index in [1.165, 1.54) is 20.8 Å². The lowest BCUT2D eigenvalue weighted by Crippen LogP contribution is -2.64. The molecule has 14 unspecified atom stereocenters. The van der Waals surface area contributed by atoms with Crippen molar-refractivity contribution in [3.8, 4) is 0 Å². The molecule has 0 aliphatic carbocycles. The molecule has 3 saturated heterocycles. The Hall–Kier alpha value is -4.79. The van der Waals surface area contributed by atoms with Crippen LogP contribution in [0.2, 0.25) is 0 Å². The summed E-state index contributed by atoms with van der Waals surface area (Å²) in [6.07, 6.45) is -12.5. The van der Waals surface area contributed by atoms with E-state index in [2.05, 4.69) is 37.2 Å². The van der Waals surface area contributed by atoms with Crippen molar-refractivity contribution in [1.82, 2.24) is 37.2 Å². The molecule has 0 aromatic rings. The first kappa shape index (κ1) is 97.4. The predicted molar refractivity (Wildman–Crippen MR) is 372 cm³/mol. The minimum Gasteiger partial charge on any atom is -0.394 e. The molecule has 41 nitrogen and oxygen atoms in total. The standard InChI is InChI=1S/C67H123N7O34/c1-5-13-90-21-26-95-31-32-96-27-22-91-14-9-56(85)74-67(43-100-15-6-53(82)68-10-18-92-23-28-97-33-36-103-64-57(71-46(2)78)50(81)39-49(40-75)106-64,44-101-16-7-54(83)69-11-19-93-24-29-98-34-37-104-65-58(72-47(3)79)62(88)60(86)51(41-76)107-65)45-102-17-8-55(84)70-12-20-94-25-30-99-35-38-105-66-59(73-48(4)80)63(89)61(87)52(42-77)108-66/h49-52,57-66,75-77,81,86-89H,5-45H2,1-4H3,(H,68,82)(H,69,83)(H,70,84)(H,71,78)(H,72,79)(H,73,80)(H,74,85). The van der Waals surface area contributed by atoms with E-state index in [0.29, 0.717) is 33.0 Å². The molecule has 41 heteroatoms. The van der Waals surface area contributed by atoms with Gasteiger partial charge in [0.1, 0.15) is 60.3 Å². The van der Waals surface area contributed by atoms with Gasteiger partial charge in [0.25, 0.3) is 0 Å². The molecular weight excluding hydrogens is 1450 g/mol. The molecule has 0 aromatic heterocycles. The maximum absolute atomic E-state index is 13.8. The van der Waals surface area contributed by atoms with Gasteiger partial charge in [-0.3, -0.25) is 33.6 Å². The Morgan fingerprint density at radius 3 is 0.981 bits per heavy atom. The van der Waals surface area contributed by atoms with E-state index in [-0.39, 0.29) is 241 Å². The topological polar surface area (TPSA) is 541 Å². The zero-order valence-electron chi connectivity index (χ0n) is 62.8. The Balaban J connectivity index is 1.53. The molecule has 108 heavy (non-hydrogen) atoms. The van der Waals surface area contributed by atoms with Crippen LogP contribution in [0.1, 0.15) is 66.2 Å². The quantitative estimate of drug-likeness (QED) is 0.0252. The number of ether oxygens (including phenoxy) is 19. The monoisotopic (exact) mass is 1570 g/mol. The van der Waals surface area contributed by atoms with Crippen molar-refractivity contribution < 1.29 is 164 Å². The average Bonchev–Trinajstić information content (AvgIpc) is 0.807. The van der Waals surface area contributed by atoms with Crippen molar-refractivity contribution in [2.45, 2.75) is 158 Å². The van der Waals surface area contributed by atoms with Crippen molar-refractivity contribution in [3.05, 3.63) is 0 Å². The maximum atomic E-state index is 13.8. The van der Waals surface area contributed by atoms with E-state index < -0.39 is 122 Å². The molecule has 14 atom stereocenters. The average molecular weight is 1570 g/mol. The van der Waals surface area contributed by atoms with E-state index >= 15 is 0 Å². The van der Waals surface area contributed by atoms with E-state index in [9.17, 15) is 74.4 Å². The number of hydrogen-bond donors (Lipinski definition) is 15. The van der Waals surface area contributed by atoms with Crippen molar-refractivity contribution in [3.63, 3.8) is 0 Å². The number of aliphatic hydroxyl groups is 8. The lowest BCUT2D eigenvalue weighted by atomic mass is 9.97. The molecule has 0 bridgehead atoms. The predicted octanol–water partition coefficient (Wildman–Crippen LogP) is -7.71. The van der Waals surface area contributed by atoms with Crippen LogP contribution in [0.15, 0.2) is 0 Å². The zero-order valence-corrected chi connectivity index (χ0v) is 62.8. The maximum Gasteiger partial charge on any atom is 0.222 e. The molecule has 7 amide bonds. The largest absolute Gasteiger partial charge is 0.394 e. The Labute approximate surface area is 629 Å². The molecule has 3 aliphatic heterocycles. The molecule has 630 valence electrons. The van der Waals surface area contributed by atoms with Crippen molar-refractivity contribution >= 4 is 41.4 Å². The Kier molecular flexibility index (Phi) is 54.9. The lowest BCUT2D eigenvalue weighted by molar-refractivity contribution is -0.272. The van der Waals surface area contributed by atoms with E-state index in [1.54, 1.807) is 0 Å². The normalized spacial score (nSPS) is 24.1. The second-order valence-electron chi connectivity index (χ2n) is 25.0. The highest BCUT2D eigenvalue weighted by atomic mass is 16.7. The number of carbonyl (C=O) groups is 7. The highest BCUT2D eigenvalue weighted by Gasteiger charge is 2.47. The third-order valence-electron chi connectivity index (χ3n) is 15.9. The molecule has 3 fully saturated rings. The highest BCUT2D eigenvalue weighted by Crippen LogP contribution is 2.25. The van der Waals surface area contributed by atoms with Crippen LogP contribution in [0, 0.1) is 0 Å². The second-order valence-corrected chi connectivity index (χ2v) is 25.0. The van der Waals surface area contributed by atoms with Gasteiger partial charge in [0.05, 0.1) is 217 Å². The van der Waals surface area contributed by atoms with Gasteiger partial charge in [0.2, 0.25) is 41.4 Å². The van der Waals surface area contributed by atoms with Crippen LogP contribution in [-0.4, -0.2) is 405 Å². The smallest absolute Gasteiger partial charge is 0.222 e. The molecule has 3 aliphatic rings. The molecule has 0 spiro atoms. The summed E-state index contributed by atoms with van der Waals surface area (Å²) in [6.45, 7) is 7.70. The summed E-state index contributed by atoms with van der Waals surface area (Å²) in [7, 11) is 0. The number of nitrogens with one attached hydrogen (secondary N) is 7. The molecular formula is C67H123N7O34. The summed E-state index contributed by atoms with van der Waals surface area (Å²) in [6, 6.07) is -3.03. The number of aliphatic hydroxyl groups excluding tert-OH is 8. The Bertz CT molecular complexity index is 2300. The second kappa shape index (κ2) is 60.8. The number of rotatable bonds is 66. The molecule has 15 N–H and O–H groups in total. The van der Waals surface area contributed by atoms with Crippen LogP contribution < -0.4 is 37.2 Å². The van der Waals surface area contributed by atoms with Crippen molar-refractivity contribution in [2.24, 2.45) is 0 Å². The summed E-state index contributed by atoms with van der Waals surface area (Å²) >= 11 is 0. The molecule has 3 rings (SSSR count). The lowest BCUT2D eigenvalue weighted by Gasteiger charge is -2.42. The molecule has 0 aromatic carbocycles. The molecule has 0 radical (unpaired) electrons. The van der Waals surface area contributed by atoms with Gasteiger partial charge in [-0.25, -0.2) is 0 Å². The number of amides is 7. The Morgan fingerprint density at radius 2 is 0.648 bits per heavy atom. The van der Waals surface area contributed by atoms with Gasteiger partial charge in [-0.2, -0.15) is 0 Å².